The second kappa shape index (κ2) is 7.67. The lowest BCUT2D eigenvalue weighted by Crippen LogP contribution is -2.38. The van der Waals surface area contributed by atoms with Crippen LogP contribution in [-0.4, -0.2) is 17.9 Å². The van der Waals surface area contributed by atoms with Gasteiger partial charge in [-0.15, -0.1) is 0 Å². The Labute approximate surface area is 161 Å². The fourth-order valence-corrected chi connectivity index (χ4v) is 3.76. The molecule has 0 spiro atoms. The summed E-state index contributed by atoms with van der Waals surface area (Å²) < 4.78 is 0. The standard InChI is InChI=1S/C24H25N3/c1-18(19-12-6-3-7-13-19)25-24-26-22(20-14-8-4-9-15-20)23(27(24)2)21-16-10-5-11-17-21/h3-18,22-23H,1-2H3,(H,25,26)/t18-,22+,23+/m1/s1. The molecule has 0 saturated carbocycles. The lowest BCUT2D eigenvalue weighted by atomic mass is 9.94. The van der Waals surface area contributed by atoms with Crippen LogP contribution in [0.4, 0.5) is 0 Å². The largest absolute Gasteiger partial charge is 0.350 e. The number of hydrogen-bond acceptors (Lipinski definition) is 3. The van der Waals surface area contributed by atoms with E-state index >= 15 is 0 Å². The molecule has 0 aliphatic carbocycles. The highest BCUT2D eigenvalue weighted by atomic mass is 15.4. The third kappa shape index (κ3) is 3.59. The highest BCUT2D eigenvalue weighted by molar-refractivity contribution is 5.83. The molecule has 136 valence electrons. The number of aliphatic imine (C=N–C) groups is 1. The van der Waals surface area contributed by atoms with E-state index in [2.05, 4.69) is 109 Å². The molecule has 0 unspecified atom stereocenters. The van der Waals surface area contributed by atoms with Crippen LogP contribution in [0.15, 0.2) is 96.0 Å². The minimum absolute atomic E-state index is 0.0732. The Hall–Kier alpha value is -3.07. The van der Waals surface area contributed by atoms with E-state index in [0.29, 0.717) is 0 Å². The Morgan fingerprint density at radius 2 is 1.30 bits per heavy atom. The minimum Gasteiger partial charge on any atom is -0.350 e. The van der Waals surface area contributed by atoms with Gasteiger partial charge in [-0.1, -0.05) is 91.0 Å². The third-order valence-electron chi connectivity index (χ3n) is 5.24. The molecule has 3 atom stereocenters. The van der Waals surface area contributed by atoms with Gasteiger partial charge in [-0.25, -0.2) is 4.99 Å². The maximum atomic E-state index is 5.09. The first kappa shape index (κ1) is 17.3. The van der Waals surface area contributed by atoms with Crippen LogP contribution in [0.1, 0.15) is 41.7 Å². The summed E-state index contributed by atoms with van der Waals surface area (Å²) >= 11 is 0. The molecule has 3 aromatic rings. The third-order valence-corrected chi connectivity index (χ3v) is 5.24. The van der Waals surface area contributed by atoms with Gasteiger partial charge in [0.25, 0.3) is 0 Å². The lowest BCUT2D eigenvalue weighted by Gasteiger charge is -2.28. The van der Waals surface area contributed by atoms with Crippen LogP contribution in [0.2, 0.25) is 0 Å². The molecule has 1 N–H and O–H groups in total. The topological polar surface area (TPSA) is 27.6 Å². The molecule has 1 aliphatic rings. The fourth-order valence-electron chi connectivity index (χ4n) is 3.76. The Morgan fingerprint density at radius 1 is 0.778 bits per heavy atom. The summed E-state index contributed by atoms with van der Waals surface area (Å²) in [4.78, 5) is 7.36. The average Bonchev–Trinajstić information content (AvgIpc) is 3.06. The normalized spacial score (nSPS) is 20.2. The zero-order valence-corrected chi connectivity index (χ0v) is 15.8. The van der Waals surface area contributed by atoms with Crippen molar-refractivity contribution in [3.05, 3.63) is 108 Å². The van der Waals surface area contributed by atoms with Crippen molar-refractivity contribution in [3.63, 3.8) is 0 Å². The molecule has 3 aromatic carbocycles. The van der Waals surface area contributed by atoms with Crippen molar-refractivity contribution in [1.82, 2.24) is 10.2 Å². The van der Waals surface area contributed by atoms with Gasteiger partial charge < -0.3 is 10.2 Å². The minimum atomic E-state index is 0.0732. The van der Waals surface area contributed by atoms with Gasteiger partial charge in [-0.05, 0) is 23.6 Å². The van der Waals surface area contributed by atoms with Crippen LogP contribution in [-0.2, 0) is 0 Å². The van der Waals surface area contributed by atoms with Crippen LogP contribution < -0.4 is 5.32 Å². The number of hydrogen-bond donors (Lipinski definition) is 1. The van der Waals surface area contributed by atoms with Gasteiger partial charge in [0, 0.05) is 7.05 Å². The summed E-state index contributed by atoms with van der Waals surface area (Å²) in [6, 6.07) is 32.2. The smallest absolute Gasteiger partial charge is 0.195 e. The number of nitrogens with one attached hydrogen (secondary N) is 1. The summed E-state index contributed by atoms with van der Waals surface area (Å²) in [5, 5.41) is 3.62. The van der Waals surface area contributed by atoms with Gasteiger partial charge in [-0.2, -0.15) is 0 Å². The van der Waals surface area contributed by atoms with Crippen molar-refractivity contribution >= 4 is 5.96 Å². The van der Waals surface area contributed by atoms with Crippen molar-refractivity contribution in [1.29, 1.82) is 0 Å². The Kier molecular flexibility index (Phi) is 4.93. The molecule has 1 aliphatic heterocycles. The van der Waals surface area contributed by atoms with Crippen LogP contribution >= 0.6 is 0 Å². The highest BCUT2D eigenvalue weighted by Gasteiger charge is 2.36. The van der Waals surface area contributed by atoms with Gasteiger partial charge in [0.1, 0.15) is 6.04 Å². The maximum absolute atomic E-state index is 5.09. The molecular weight excluding hydrogens is 330 g/mol. The van der Waals surface area contributed by atoms with E-state index in [0.717, 1.165) is 5.96 Å². The molecule has 0 saturated heterocycles. The van der Waals surface area contributed by atoms with Gasteiger partial charge in [0.2, 0.25) is 0 Å². The molecule has 4 rings (SSSR count). The monoisotopic (exact) mass is 355 g/mol. The molecule has 3 heteroatoms. The predicted molar refractivity (Wildman–Crippen MR) is 112 cm³/mol. The SMILES string of the molecule is C[C@@H](NC1=N[C@@H](c2ccccc2)[C@H](c2ccccc2)N1C)c1ccccc1. The number of rotatable bonds is 4. The summed E-state index contributed by atoms with van der Waals surface area (Å²) in [5.41, 5.74) is 3.78. The quantitative estimate of drug-likeness (QED) is 0.703. The second-order valence-electron chi connectivity index (χ2n) is 7.05. The van der Waals surface area contributed by atoms with E-state index in [-0.39, 0.29) is 18.1 Å². The van der Waals surface area contributed by atoms with E-state index in [4.69, 9.17) is 4.99 Å². The molecular formula is C24H25N3. The molecule has 27 heavy (non-hydrogen) atoms. The Bertz CT molecular complexity index is 891. The summed E-state index contributed by atoms with van der Waals surface area (Å²) in [5.74, 6) is 0.939. The number of guanidine groups is 1. The van der Waals surface area contributed by atoms with Crippen molar-refractivity contribution in [3.8, 4) is 0 Å². The van der Waals surface area contributed by atoms with E-state index < -0.39 is 0 Å². The van der Waals surface area contributed by atoms with Crippen LogP contribution in [0.25, 0.3) is 0 Å². The van der Waals surface area contributed by atoms with E-state index in [9.17, 15) is 0 Å². The van der Waals surface area contributed by atoms with Gasteiger partial charge in [-0.3, -0.25) is 0 Å². The fraction of sp³-hybridized carbons (Fsp3) is 0.208. The lowest BCUT2D eigenvalue weighted by molar-refractivity contribution is 0.354. The summed E-state index contributed by atoms with van der Waals surface area (Å²) in [6.45, 7) is 2.18. The first-order valence-electron chi connectivity index (χ1n) is 9.46. The first-order chi connectivity index (χ1) is 13.2. The van der Waals surface area contributed by atoms with Crippen molar-refractivity contribution < 1.29 is 0 Å². The summed E-state index contributed by atoms with van der Waals surface area (Å²) in [6.07, 6.45) is 0. The van der Waals surface area contributed by atoms with Crippen molar-refractivity contribution in [2.75, 3.05) is 7.05 Å². The first-order valence-corrected chi connectivity index (χ1v) is 9.46. The molecule has 3 nitrogen and oxygen atoms in total. The van der Waals surface area contributed by atoms with E-state index in [1.807, 2.05) is 6.07 Å². The Balaban J connectivity index is 1.66. The van der Waals surface area contributed by atoms with E-state index in [1.54, 1.807) is 0 Å². The Morgan fingerprint density at radius 3 is 1.89 bits per heavy atom. The molecule has 0 radical (unpaired) electrons. The van der Waals surface area contributed by atoms with Crippen molar-refractivity contribution in [2.45, 2.75) is 25.0 Å². The van der Waals surface area contributed by atoms with Crippen LogP contribution in [0, 0.1) is 0 Å². The number of likely N-dealkylation sites (N-methyl/N-ethyl adjacent to an activating group) is 1. The van der Waals surface area contributed by atoms with Gasteiger partial charge in [0.15, 0.2) is 5.96 Å². The van der Waals surface area contributed by atoms with Gasteiger partial charge >= 0.3 is 0 Å². The average molecular weight is 355 g/mol. The predicted octanol–water partition coefficient (Wildman–Crippen LogP) is 5.12. The second-order valence-corrected chi connectivity index (χ2v) is 7.05. The molecule has 0 bridgehead atoms. The van der Waals surface area contributed by atoms with Gasteiger partial charge in [0.05, 0.1) is 12.1 Å². The molecule has 0 aromatic heterocycles. The van der Waals surface area contributed by atoms with Crippen LogP contribution in [0.3, 0.4) is 0 Å². The van der Waals surface area contributed by atoms with Crippen molar-refractivity contribution in [2.24, 2.45) is 4.99 Å². The molecule has 1 heterocycles. The number of benzene rings is 3. The highest BCUT2D eigenvalue weighted by Crippen LogP contribution is 2.40. The van der Waals surface area contributed by atoms with E-state index in [1.165, 1.54) is 16.7 Å². The zero-order chi connectivity index (χ0) is 18.6. The molecule has 0 fully saturated rings. The van der Waals surface area contributed by atoms with Crippen LogP contribution in [0.5, 0.6) is 0 Å². The maximum Gasteiger partial charge on any atom is 0.195 e. The summed E-state index contributed by atoms with van der Waals surface area (Å²) in [7, 11) is 2.13. The molecule has 0 amide bonds. The number of nitrogens with zero attached hydrogens (tertiary/aromatic N) is 2. The zero-order valence-electron chi connectivity index (χ0n) is 15.8.